The number of hydrogen-bond acceptors (Lipinski definition) is 4. The van der Waals surface area contributed by atoms with E-state index >= 15 is 0 Å². The molecule has 0 aromatic carbocycles. The Morgan fingerprint density at radius 1 is 1.47 bits per heavy atom. The Kier molecular flexibility index (Phi) is 6.62. The van der Waals surface area contributed by atoms with Crippen molar-refractivity contribution in [2.24, 2.45) is 0 Å². The number of carbonyl (C=O) groups is 2. The molecule has 0 spiro atoms. The summed E-state index contributed by atoms with van der Waals surface area (Å²) < 4.78 is 4.55. The number of Topliss-reactive ketones (excluding diaryl/α,β-unsaturated/α-hetero) is 1. The first kappa shape index (κ1) is 13.8. The number of methoxy groups -OCH3 is 1. The van der Waals surface area contributed by atoms with E-state index in [1.807, 2.05) is 0 Å². The lowest BCUT2D eigenvalue weighted by atomic mass is 10.1. The molecule has 0 fully saturated rings. The number of allylic oxidation sites excluding steroid dienone is 1. The molecule has 4 nitrogen and oxygen atoms in total. The highest BCUT2D eigenvalue weighted by Crippen LogP contribution is 2.08. The van der Waals surface area contributed by atoms with Crippen molar-refractivity contribution < 1.29 is 19.4 Å². The number of hydrogen-bond donors (Lipinski definition) is 1. The molecule has 86 valence electrons. The third kappa shape index (κ3) is 6.85. The Morgan fingerprint density at radius 3 is 2.47 bits per heavy atom. The summed E-state index contributed by atoms with van der Waals surface area (Å²) in [5.74, 6) is -0.556. The maximum atomic E-state index is 11.2. The highest BCUT2D eigenvalue weighted by molar-refractivity contribution is 5.95. The second kappa shape index (κ2) is 7.17. The van der Waals surface area contributed by atoms with Gasteiger partial charge in [-0.15, -0.1) is 0 Å². The fourth-order valence-corrected chi connectivity index (χ4v) is 1.13. The number of esters is 1. The van der Waals surface area contributed by atoms with Crippen LogP contribution in [0.2, 0.25) is 0 Å². The molecule has 0 rings (SSSR count). The molecular weight excluding hydrogens is 196 g/mol. The highest BCUT2D eigenvalue weighted by atomic mass is 16.5. The monoisotopic (exact) mass is 214 g/mol. The van der Waals surface area contributed by atoms with E-state index in [2.05, 4.69) is 4.74 Å². The van der Waals surface area contributed by atoms with E-state index in [4.69, 9.17) is 5.11 Å². The number of ketones is 1. The van der Waals surface area contributed by atoms with E-state index in [9.17, 15) is 9.59 Å². The predicted molar refractivity (Wildman–Crippen MR) is 56.3 cm³/mol. The van der Waals surface area contributed by atoms with Crippen molar-refractivity contribution in [3.05, 3.63) is 11.6 Å². The van der Waals surface area contributed by atoms with E-state index in [1.54, 1.807) is 13.0 Å². The van der Waals surface area contributed by atoms with Gasteiger partial charge >= 0.3 is 5.97 Å². The van der Waals surface area contributed by atoms with Crippen molar-refractivity contribution in [1.29, 1.82) is 0 Å². The summed E-state index contributed by atoms with van der Waals surface area (Å²) in [6, 6.07) is 0. The molecule has 1 atom stereocenters. The van der Waals surface area contributed by atoms with Crippen molar-refractivity contribution >= 4 is 11.8 Å². The van der Waals surface area contributed by atoms with Gasteiger partial charge in [-0.25, -0.2) is 4.79 Å². The van der Waals surface area contributed by atoms with Crippen LogP contribution in [0.4, 0.5) is 0 Å². The molecule has 1 unspecified atom stereocenters. The van der Waals surface area contributed by atoms with Crippen LogP contribution < -0.4 is 0 Å². The molecule has 15 heavy (non-hydrogen) atoms. The highest BCUT2D eigenvalue weighted by Gasteiger charge is 2.11. The average Bonchev–Trinajstić information content (AvgIpc) is 2.14. The zero-order valence-corrected chi connectivity index (χ0v) is 9.45. The molecule has 0 saturated carbocycles. The van der Waals surface area contributed by atoms with Gasteiger partial charge in [0.1, 0.15) is 5.78 Å². The largest absolute Gasteiger partial charge is 0.466 e. The molecule has 1 N–H and O–H groups in total. The van der Waals surface area contributed by atoms with E-state index in [1.165, 1.54) is 14.0 Å². The van der Waals surface area contributed by atoms with E-state index in [0.29, 0.717) is 18.4 Å². The first-order valence-electron chi connectivity index (χ1n) is 4.92. The minimum atomic E-state index is -0.476. The van der Waals surface area contributed by atoms with Gasteiger partial charge in [-0.1, -0.05) is 6.08 Å². The zero-order valence-electron chi connectivity index (χ0n) is 9.45. The van der Waals surface area contributed by atoms with Crippen molar-refractivity contribution in [2.75, 3.05) is 7.11 Å². The molecule has 0 aliphatic rings. The minimum Gasteiger partial charge on any atom is -0.466 e. The molecule has 4 heteroatoms. The molecule has 0 radical (unpaired) electrons. The normalized spacial score (nSPS) is 13.5. The quantitative estimate of drug-likeness (QED) is 0.533. The topological polar surface area (TPSA) is 63.6 Å². The molecule has 0 aromatic heterocycles. The van der Waals surface area contributed by atoms with Gasteiger partial charge in [0.2, 0.25) is 0 Å². The summed E-state index contributed by atoms with van der Waals surface area (Å²) in [4.78, 5) is 22.1. The third-order valence-corrected chi connectivity index (χ3v) is 1.86. The summed E-state index contributed by atoms with van der Waals surface area (Å²) >= 11 is 0. The molecule has 0 aliphatic heterocycles. The van der Waals surface area contributed by atoms with Crippen molar-refractivity contribution in [3.8, 4) is 0 Å². The van der Waals surface area contributed by atoms with Gasteiger partial charge in [-0.3, -0.25) is 4.79 Å². The van der Waals surface area contributed by atoms with Crippen molar-refractivity contribution in [1.82, 2.24) is 0 Å². The fraction of sp³-hybridized carbons (Fsp3) is 0.636. The Morgan fingerprint density at radius 2 is 2.07 bits per heavy atom. The Labute approximate surface area is 89.9 Å². The molecule has 0 aliphatic carbocycles. The van der Waals surface area contributed by atoms with Crippen LogP contribution in [0.1, 0.15) is 33.1 Å². The van der Waals surface area contributed by atoms with Crippen molar-refractivity contribution in [3.63, 3.8) is 0 Å². The number of aliphatic hydroxyl groups excluding tert-OH is 1. The summed E-state index contributed by atoms with van der Waals surface area (Å²) in [7, 11) is 1.28. The maximum absolute atomic E-state index is 11.2. The van der Waals surface area contributed by atoms with Gasteiger partial charge in [0.25, 0.3) is 0 Å². The first-order valence-corrected chi connectivity index (χ1v) is 4.92. The van der Waals surface area contributed by atoms with Crippen LogP contribution in [0.25, 0.3) is 0 Å². The predicted octanol–water partition coefficient (Wildman–Crippen LogP) is 1.23. The standard InChI is InChI=1S/C11H18O4/c1-8(12)5-4-6-10(7-9(2)13)11(14)15-3/h6,8,12H,4-5,7H2,1-3H3/b10-6+. The molecule has 0 heterocycles. The number of ether oxygens (including phenoxy) is 1. The van der Waals surface area contributed by atoms with Crippen molar-refractivity contribution in [2.45, 2.75) is 39.2 Å². The first-order chi connectivity index (χ1) is 6.97. The van der Waals surface area contributed by atoms with Gasteiger partial charge in [-0.2, -0.15) is 0 Å². The molecule has 0 aromatic rings. The minimum absolute atomic E-state index is 0.0799. The fourth-order valence-electron chi connectivity index (χ4n) is 1.13. The van der Waals surface area contributed by atoms with Crippen LogP contribution in [-0.4, -0.2) is 30.1 Å². The lowest BCUT2D eigenvalue weighted by molar-refractivity contribution is -0.137. The SMILES string of the molecule is COC(=O)/C(=C/CCC(C)O)CC(C)=O. The molecule has 0 amide bonds. The van der Waals surface area contributed by atoms with E-state index < -0.39 is 12.1 Å². The Balaban J connectivity index is 4.34. The lowest BCUT2D eigenvalue weighted by Gasteiger charge is -2.04. The summed E-state index contributed by atoms with van der Waals surface area (Å²) in [6.07, 6.45) is 2.47. The van der Waals surface area contributed by atoms with Gasteiger partial charge in [0.05, 0.1) is 13.2 Å². The summed E-state index contributed by atoms with van der Waals surface area (Å²) in [5, 5.41) is 9.03. The maximum Gasteiger partial charge on any atom is 0.333 e. The summed E-state index contributed by atoms with van der Waals surface area (Å²) in [6.45, 7) is 3.10. The third-order valence-electron chi connectivity index (χ3n) is 1.86. The smallest absolute Gasteiger partial charge is 0.333 e. The molecule has 0 bridgehead atoms. The van der Waals surface area contributed by atoms with Crippen LogP contribution in [-0.2, 0) is 14.3 Å². The summed E-state index contributed by atoms with van der Waals surface area (Å²) in [5.41, 5.74) is 0.366. The zero-order chi connectivity index (χ0) is 11.8. The van der Waals surface area contributed by atoms with Crippen LogP contribution in [0.5, 0.6) is 0 Å². The van der Waals surface area contributed by atoms with Crippen LogP contribution in [0, 0.1) is 0 Å². The lowest BCUT2D eigenvalue weighted by Crippen LogP contribution is -2.08. The van der Waals surface area contributed by atoms with E-state index in [0.717, 1.165) is 0 Å². The number of rotatable bonds is 6. The second-order valence-corrected chi connectivity index (χ2v) is 3.53. The van der Waals surface area contributed by atoms with Gasteiger partial charge in [-0.05, 0) is 26.7 Å². The van der Waals surface area contributed by atoms with Gasteiger partial charge < -0.3 is 9.84 Å². The molecular formula is C11H18O4. The Hall–Kier alpha value is -1.16. The average molecular weight is 214 g/mol. The van der Waals surface area contributed by atoms with Crippen LogP contribution in [0.15, 0.2) is 11.6 Å². The van der Waals surface area contributed by atoms with Gasteiger partial charge in [0.15, 0.2) is 0 Å². The molecule has 0 saturated heterocycles. The van der Waals surface area contributed by atoms with E-state index in [-0.39, 0.29) is 12.2 Å². The van der Waals surface area contributed by atoms with Gasteiger partial charge in [0, 0.05) is 12.0 Å². The van der Waals surface area contributed by atoms with Crippen LogP contribution >= 0.6 is 0 Å². The van der Waals surface area contributed by atoms with Crippen LogP contribution in [0.3, 0.4) is 0 Å². The Bertz CT molecular complexity index is 253. The number of aliphatic hydroxyl groups is 1. The second-order valence-electron chi connectivity index (χ2n) is 3.53. The number of carbonyl (C=O) groups excluding carboxylic acids is 2.